The van der Waals surface area contributed by atoms with E-state index in [0.717, 1.165) is 16.8 Å². The summed E-state index contributed by atoms with van der Waals surface area (Å²) in [6.45, 7) is 6.95. The highest BCUT2D eigenvalue weighted by Gasteiger charge is 2.58. The largest absolute Gasteiger partial charge is 0.462 e. The summed E-state index contributed by atoms with van der Waals surface area (Å²) in [6.07, 6.45) is 4.06. The first-order chi connectivity index (χ1) is 17.8. The van der Waals surface area contributed by atoms with Crippen molar-refractivity contribution in [1.82, 2.24) is 0 Å². The number of nitro benzene ring substituents is 1. The minimum Gasteiger partial charge on any atom is -0.462 e. The van der Waals surface area contributed by atoms with Gasteiger partial charge in [-0.15, -0.1) is 0 Å². The molecule has 37 heavy (non-hydrogen) atoms. The second kappa shape index (κ2) is 8.34. The molecule has 2 heterocycles. The van der Waals surface area contributed by atoms with E-state index in [1.165, 1.54) is 22.3 Å². The van der Waals surface area contributed by atoms with E-state index in [1.807, 2.05) is 19.1 Å². The van der Waals surface area contributed by atoms with Crippen molar-refractivity contribution < 1.29 is 9.66 Å². The van der Waals surface area contributed by atoms with Crippen LogP contribution in [-0.2, 0) is 12.0 Å². The van der Waals surface area contributed by atoms with Crippen LogP contribution in [0, 0.1) is 17.0 Å². The van der Waals surface area contributed by atoms with Crippen LogP contribution in [0.1, 0.15) is 36.1 Å². The Morgan fingerprint density at radius 1 is 0.892 bits per heavy atom. The van der Waals surface area contributed by atoms with Gasteiger partial charge in [-0.2, -0.15) is 0 Å². The molecule has 5 nitrogen and oxygen atoms in total. The maximum atomic E-state index is 11.4. The Bertz CT molecular complexity index is 1540. The zero-order valence-corrected chi connectivity index (χ0v) is 21.1. The molecule has 1 unspecified atom stereocenters. The van der Waals surface area contributed by atoms with Gasteiger partial charge in [-0.3, -0.25) is 10.1 Å². The smallest absolute Gasteiger partial charge is 0.270 e. The van der Waals surface area contributed by atoms with Gasteiger partial charge < -0.3 is 9.64 Å². The Hall–Kier alpha value is -4.38. The van der Waals surface area contributed by atoms with Crippen molar-refractivity contribution in [3.63, 3.8) is 0 Å². The highest BCUT2D eigenvalue weighted by molar-refractivity contribution is 5.74. The van der Waals surface area contributed by atoms with E-state index in [2.05, 4.69) is 97.6 Å². The molecule has 0 aliphatic carbocycles. The van der Waals surface area contributed by atoms with Gasteiger partial charge in [-0.25, -0.2) is 0 Å². The third-order valence-electron chi connectivity index (χ3n) is 7.81. The minimum absolute atomic E-state index is 0.0739. The first-order valence-corrected chi connectivity index (χ1v) is 12.5. The van der Waals surface area contributed by atoms with Crippen molar-refractivity contribution in [3.05, 3.63) is 129 Å². The number of ether oxygens (including phenoxy) is 1. The van der Waals surface area contributed by atoms with Crippen LogP contribution in [0.3, 0.4) is 0 Å². The third kappa shape index (κ3) is 3.53. The topological polar surface area (TPSA) is 55.6 Å². The summed E-state index contributed by atoms with van der Waals surface area (Å²) in [5.41, 5.74) is 6.29. The average molecular weight is 489 g/mol. The zero-order valence-electron chi connectivity index (χ0n) is 21.1. The highest BCUT2D eigenvalue weighted by Crippen LogP contribution is 2.56. The lowest BCUT2D eigenvalue weighted by Crippen LogP contribution is -2.59. The molecule has 0 radical (unpaired) electrons. The lowest BCUT2D eigenvalue weighted by Gasteiger charge is -2.47. The van der Waals surface area contributed by atoms with Crippen molar-refractivity contribution >= 4 is 17.5 Å². The van der Waals surface area contributed by atoms with E-state index in [-0.39, 0.29) is 16.0 Å². The van der Waals surface area contributed by atoms with Gasteiger partial charge in [0.15, 0.2) is 0 Å². The van der Waals surface area contributed by atoms with E-state index in [1.54, 1.807) is 12.1 Å². The lowest BCUT2D eigenvalue weighted by atomic mass is 9.76. The summed E-state index contributed by atoms with van der Waals surface area (Å²) in [5, 5.41) is 11.4. The number of para-hydroxylation sites is 1. The van der Waals surface area contributed by atoms with E-state index in [9.17, 15) is 10.1 Å². The number of rotatable bonds is 4. The number of nitrogens with zero attached hydrogens (tertiary/aromatic N) is 2. The molecular formula is C32H28N2O3. The number of hydrogen-bond acceptors (Lipinski definition) is 4. The monoisotopic (exact) mass is 488 g/mol. The molecule has 1 spiro atoms. The molecule has 1 atom stereocenters. The maximum Gasteiger partial charge on any atom is 0.270 e. The van der Waals surface area contributed by atoms with Crippen LogP contribution in [0.2, 0.25) is 0 Å². The van der Waals surface area contributed by atoms with Gasteiger partial charge in [-0.05, 0) is 66.8 Å². The number of benzene rings is 4. The molecule has 0 fully saturated rings. The van der Waals surface area contributed by atoms with Crippen molar-refractivity contribution in [2.24, 2.45) is 0 Å². The number of hydrogen-bond donors (Lipinski definition) is 0. The minimum atomic E-state index is -0.789. The van der Waals surface area contributed by atoms with Crippen LogP contribution in [-0.4, -0.2) is 10.6 Å². The normalized spacial score (nSPS) is 18.8. The van der Waals surface area contributed by atoms with Crippen molar-refractivity contribution in [3.8, 4) is 16.9 Å². The Labute approximate surface area is 216 Å². The summed E-state index contributed by atoms with van der Waals surface area (Å²) in [7, 11) is 0. The fourth-order valence-electron chi connectivity index (χ4n) is 5.79. The van der Waals surface area contributed by atoms with Crippen molar-refractivity contribution in [2.45, 2.75) is 38.5 Å². The Kier molecular flexibility index (Phi) is 5.19. The lowest BCUT2D eigenvalue weighted by molar-refractivity contribution is -0.384. The van der Waals surface area contributed by atoms with Gasteiger partial charge in [0.1, 0.15) is 5.75 Å². The molecule has 0 amide bonds. The molecule has 2 aliphatic rings. The predicted molar refractivity (Wildman–Crippen MR) is 148 cm³/mol. The van der Waals surface area contributed by atoms with E-state index in [4.69, 9.17) is 4.74 Å². The number of non-ortho nitro benzene ring substituents is 1. The van der Waals surface area contributed by atoms with E-state index in [0.29, 0.717) is 12.3 Å². The Morgan fingerprint density at radius 3 is 2.30 bits per heavy atom. The molecule has 0 saturated heterocycles. The standard InChI is InChI=1S/C32H28N2O3/c1-22-19-27(34(35)36)20-26-17-18-32(37-30(22)26)31(2,3)28-11-7-8-12-29(28)33(32)21-23-13-15-25(16-14-23)24-9-5-4-6-10-24/h4-20H,21H2,1-3H3. The van der Waals surface area contributed by atoms with Gasteiger partial charge in [0.25, 0.3) is 5.69 Å². The molecule has 0 bridgehead atoms. The number of aryl methyl sites for hydroxylation is 1. The van der Waals surface area contributed by atoms with E-state index < -0.39 is 5.72 Å². The molecular weight excluding hydrogens is 460 g/mol. The molecule has 0 aromatic heterocycles. The van der Waals surface area contributed by atoms with Gasteiger partial charge >= 0.3 is 0 Å². The molecule has 5 heteroatoms. The fraction of sp³-hybridized carbons (Fsp3) is 0.188. The van der Waals surface area contributed by atoms with Crippen LogP contribution in [0.15, 0.2) is 97.1 Å². The molecule has 0 N–H and O–H groups in total. The van der Waals surface area contributed by atoms with Crippen LogP contribution >= 0.6 is 0 Å². The van der Waals surface area contributed by atoms with Crippen LogP contribution < -0.4 is 9.64 Å². The third-order valence-corrected chi connectivity index (χ3v) is 7.81. The summed E-state index contributed by atoms with van der Waals surface area (Å²) in [5.74, 6) is 0.693. The molecule has 4 aromatic rings. The quantitative estimate of drug-likeness (QED) is 0.218. The average Bonchev–Trinajstić information content (AvgIpc) is 3.08. The molecule has 6 rings (SSSR count). The van der Waals surface area contributed by atoms with E-state index >= 15 is 0 Å². The Balaban J connectivity index is 1.43. The first-order valence-electron chi connectivity index (χ1n) is 12.5. The van der Waals surface area contributed by atoms with Gasteiger partial charge in [0.2, 0.25) is 5.72 Å². The second-order valence-electron chi connectivity index (χ2n) is 10.4. The molecule has 2 aliphatic heterocycles. The van der Waals surface area contributed by atoms with Crippen LogP contribution in [0.5, 0.6) is 5.75 Å². The van der Waals surface area contributed by atoms with Gasteiger partial charge in [0.05, 0.1) is 10.3 Å². The second-order valence-corrected chi connectivity index (χ2v) is 10.4. The molecule has 184 valence electrons. The van der Waals surface area contributed by atoms with Crippen molar-refractivity contribution in [1.29, 1.82) is 0 Å². The van der Waals surface area contributed by atoms with Crippen LogP contribution in [0.25, 0.3) is 17.2 Å². The highest BCUT2D eigenvalue weighted by atomic mass is 16.6. The zero-order chi connectivity index (χ0) is 25.8. The van der Waals surface area contributed by atoms with Gasteiger partial charge in [-0.1, -0.05) is 72.8 Å². The van der Waals surface area contributed by atoms with Crippen molar-refractivity contribution in [2.75, 3.05) is 4.90 Å². The number of nitro groups is 1. The molecule has 0 saturated carbocycles. The first kappa shape index (κ1) is 23.0. The summed E-state index contributed by atoms with van der Waals surface area (Å²) in [6, 6.07) is 30.7. The summed E-state index contributed by atoms with van der Waals surface area (Å²) < 4.78 is 6.94. The summed E-state index contributed by atoms with van der Waals surface area (Å²) >= 11 is 0. The van der Waals surface area contributed by atoms with Gasteiger partial charge in [0, 0.05) is 29.9 Å². The number of anilines is 1. The van der Waals surface area contributed by atoms with Crippen LogP contribution in [0.4, 0.5) is 11.4 Å². The fourth-order valence-corrected chi connectivity index (χ4v) is 5.79. The number of fused-ring (bicyclic) bond motifs is 2. The summed E-state index contributed by atoms with van der Waals surface area (Å²) in [4.78, 5) is 13.4. The maximum absolute atomic E-state index is 11.4. The Morgan fingerprint density at radius 2 is 1.57 bits per heavy atom. The SMILES string of the molecule is Cc1cc([N+](=O)[O-])cc2c1OC1(C=C2)N(Cc2ccc(-c3ccccc3)cc2)c2ccccc2C1(C)C. The predicted octanol–water partition coefficient (Wildman–Crippen LogP) is 7.67. The molecule has 4 aromatic carbocycles.